The molecule has 5 unspecified atom stereocenters. The number of carbonyl (C=O) groups is 2. The zero-order valence-electron chi connectivity index (χ0n) is 11.7. The Balaban J connectivity index is 1.64. The van der Waals surface area contributed by atoms with Gasteiger partial charge in [-0.15, -0.1) is 0 Å². The molecule has 1 amide bonds. The molecule has 1 heterocycles. The van der Waals surface area contributed by atoms with Gasteiger partial charge in [0, 0.05) is 13.2 Å². The number of carboxylic acids is 1. The Kier molecular flexibility index (Phi) is 3.32. The van der Waals surface area contributed by atoms with E-state index in [4.69, 9.17) is 4.74 Å². The molecule has 1 saturated carbocycles. The number of nitrogens with one attached hydrogen (secondary N) is 1. The number of fused-ring (bicyclic) bond motifs is 2. The Bertz CT molecular complexity index is 453. The largest absolute Gasteiger partial charge is 0.481 e. The lowest BCUT2D eigenvalue weighted by molar-refractivity contribution is -0.148. The highest BCUT2D eigenvalue weighted by molar-refractivity contribution is 5.86. The van der Waals surface area contributed by atoms with Crippen molar-refractivity contribution in [1.29, 1.82) is 0 Å². The van der Waals surface area contributed by atoms with Crippen LogP contribution in [0.1, 0.15) is 26.2 Å². The van der Waals surface area contributed by atoms with E-state index in [9.17, 15) is 14.7 Å². The second-order valence-corrected chi connectivity index (χ2v) is 6.46. The number of amides is 1. The number of aliphatic carboxylic acids is 1. The zero-order chi connectivity index (χ0) is 14.3. The summed E-state index contributed by atoms with van der Waals surface area (Å²) in [7, 11) is 0. The molecule has 5 atom stereocenters. The van der Waals surface area contributed by atoms with Gasteiger partial charge in [-0.1, -0.05) is 12.2 Å². The van der Waals surface area contributed by atoms with Crippen molar-refractivity contribution >= 4 is 11.9 Å². The molecule has 0 radical (unpaired) electrons. The van der Waals surface area contributed by atoms with Crippen molar-refractivity contribution in [2.75, 3.05) is 13.2 Å². The summed E-state index contributed by atoms with van der Waals surface area (Å²) < 4.78 is 5.64. The van der Waals surface area contributed by atoms with Gasteiger partial charge in [-0.2, -0.15) is 0 Å². The fourth-order valence-electron chi connectivity index (χ4n) is 3.88. The van der Waals surface area contributed by atoms with Gasteiger partial charge >= 0.3 is 5.97 Å². The Hall–Kier alpha value is -1.36. The van der Waals surface area contributed by atoms with Crippen LogP contribution in [0.4, 0.5) is 0 Å². The van der Waals surface area contributed by atoms with Gasteiger partial charge in [-0.3, -0.25) is 9.59 Å². The maximum Gasteiger partial charge on any atom is 0.307 e. The van der Waals surface area contributed by atoms with Gasteiger partial charge in [0.05, 0.1) is 17.4 Å². The number of rotatable bonds is 4. The number of ether oxygens (including phenoxy) is 1. The average Bonchev–Trinajstić information content (AvgIpc) is 3.10. The van der Waals surface area contributed by atoms with Crippen LogP contribution in [0.3, 0.4) is 0 Å². The average molecular weight is 279 g/mol. The van der Waals surface area contributed by atoms with Crippen molar-refractivity contribution < 1.29 is 19.4 Å². The van der Waals surface area contributed by atoms with E-state index in [0.29, 0.717) is 6.54 Å². The van der Waals surface area contributed by atoms with Gasteiger partial charge in [0.1, 0.15) is 0 Å². The first kappa shape index (κ1) is 13.6. The van der Waals surface area contributed by atoms with E-state index in [1.165, 1.54) is 0 Å². The number of hydrogen-bond acceptors (Lipinski definition) is 3. The molecule has 0 aromatic rings. The molecule has 5 nitrogen and oxygen atoms in total. The first-order valence-corrected chi connectivity index (χ1v) is 7.33. The van der Waals surface area contributed by atoms with Crippen LogP contribution < -0.4 is 5.32 Å². The minimum Gasteiger partial charge on any atom is -0.481 e. The molecule has 5 heteroatoms. The first-order chi connectivity index (χ1) is 9.50. The van der Waals surface area contributed by atoms with Crippen LogP contribution >= 0.6 is 0 Å². The Morgan fingerprint density at radius 1 is 1.35 bits per heavy atom. The van der Waals surface area contributed by atoms with Crippen molar-refractivity contribution in [3.8, 4) is 0 Å². The van der Waals surface area contributed by atoms with Crippen molar-refractivity contribution in [3.05, 3.63) is 12.2 Å². The van der Waals surface area contributed by atoms with E-state index in [1.807, 2.05) is 19.1 Å². The lowest BCUT2D eigenvalue weighted by Gasteiger charge is -2.27. The summed E-state index contributed by atoms with van der Waals surface area (Å²) in [5.41, 5.74) is -0.290. The van der Waals surface area contributed by atoms with Gasteiger partial charge in [-0.25, -0.2) is 0 Å². The highest BCUT2D eigenvalue weighted by Crippen LogP contribution is 2.48. The van der Waals surface area contributed by atoms with E-state index in [-0.39, 0.29) is 23.3 Å². The van der Waals surface area contributed by atoms with Gasteiger partial charge in [0.25, 0.3) is 0 Å². The van der Waals surface area contributed by atoms with Crippen molar-refractivity contribution in [2.45, 2.75) is 31.8 Å². The molecule has 2 fully saturated rings. The normalized spacial score (nSPS) is 42.0. The highest BCUT2D eigenvalue weighted by atomic mass is 16.5. The highest BCUT2D eigenvalue weighted by Gasteiger charge is 2.51. The van der Waals surface area contributed by atoms with Crippen LogP contribution in [0.25, 0.3) is 0 Å². The third-order valence-corrected chi connectivity index (χ3v) is 4.98. The third-order valence-electron chi connectivity index (χ3n) is 4.98. The van der Waals surface area contributed by atoms with E-state index < -0.39 is 17.8 Å². The van der Waals surface area contributed by atoms with Crippen molar-refractivity contribution in [3.63, 3.8) is 0 Å². The van der Waals surface area contributed by atoms with Gasteiger partial charge < -0.3 is 15.2 Å². The van der Waals surface area contributed by atoms with Crippen LogP contribution in [0.2, 0.25) is 0 Å². The van der Waals surface area contributed by atoms with E-state index in [0.717, 1.165) is 25.9 Å². The lowest BCUT2D eigenvalue weighted by Crippen LogP contribution is -2.46. The third kappa shape index (κ3) is 2.24. The van der Waals surface area contributed by atoms with Crippen molar-refractivity contribution in [2.24, 2.45) is 23.7 Å². The molecule has 0 aromatic heterocycles. The Morgan fingerprint density at radius 2 is 2.05 bits per heavy atom. The molecular weight excluding hydrogens is 258 g/mol. The molecule has 0 aromatic carbocycles. The lowest BCUT2D eigenvalue weighted by atomic mass is 9.82. The van der Waals surface area contributed by atoms with Crippen LogP contribution in [-0.4, -0.2) is 35.7 Å². The topological polar surface area (TPSA) is 75.6 Å². The number of allylic oxidation sites excluding steroid dienone is 2. The summed E-state index contributed by atoms with van der Waals surface area (Å²) >= 11 is 0. The zero-order valence-corrected chi connectivity index (χ0v) is 11.7. The van der Waals surface area contributed by atoms with Crippen LogP contribution in [0, 0.1) is 23.7 Å². The van der Waals surface area contributed by atoms with Crippen molar-refractivity contribution in [1.82, 2.24) is 5.32 Å². The molecule has 2 N–H and O–H groups in total. The number of carboxylic acid groups (broad SMARTS) is 1. The minimum atomic E-state index is -0.856. The summed E-state index contributed by atoms with van der Waals surface area (Å²) in [5, 5.41) is 12.3. The Morgan fingerprint density at radius 3 is 2.65 bits per heavy atom. The van der Waals surface area contributed by atoms with Crippen LogP contribution in [0.15, 0.2) is 12.2 Å². The van der Waals surface area contributed by atoms with E-state index in [2.05, 4.69) is 5.32 Å². The molecule has 1 saturated heterocycles. The SMILES string of the molecule is CC1(CNC(=O)C2C3C=CC(C3)C2C(=O)O)CCCO1. The molecule has 3 aliphatic rings. The smallest absolute Gasteiger partial charge is 0.307 e. The predicted octanol–water partition coefficient (Wildman–Crippen LogP) is 1.19. The fourth-order valence-corrected chi connectivity index (χ4v) is 3.88. The van der Waals surface area contributed by atoms with E-state index >= 15 is 0 Å². The molecule has 0 spiro atoms. The summed E-state index contributed by atoms with van der Waals surface area (Å²) in [6, 6.07) is 0. The second-order valence-electron chi connectivity index (χ2n) is 6.46. The first-order valence-electron chi connectivity index (χ1n) is 7.33. The van der Waals surface area contributed by atoms with E-state index in [1.54, 1.807) is 0 Å². The number of hydrogen-bond donors (Lipinski definition) is 2. The van der Waals surface area contributed by atoms with Crippen LogP contribution in [-0.2, 0) is 14.3 Å². The monoisotopic (exact) mass is 279 g/mol. The molecule has 1 aliphatic heterocycles. The predicted molar refractivity (Wildman–Crippen MR) is 72.0 cm³/mol. The summed E-state index contributed by atoms with van der Waals surface area (Å²) in [4.78, 5) is 23.8. The van der Waals surface area contributed by atoms with Gasteiger partial charge in [-0.05, 0) is 38.0 Å². The quantitative estimate of drug-likeness (QED) is 0.758. The summed E-state index contributed by atoms with van der Waals surface area (Å²) in [5.74, 6) is -1.88. The van der Waals surface area contributed by atoms with Gasteiger partial charge in [0.2, 0.25) is 5.91 Å². The molecule has 3 rings (SSSR count). The molecule has 110 valence electrons. The second kappa shape index (κ2) is 4.88. The molecule has 2 bridgehead atoms. The maximum atomic E-state index is 12.4. The fraction of sp³-hybridized carbons (Fsp3) is 0.733. The maximum absolute atomic E-state index is 12.4. The molecule has 20 heavy (non-hydrogen) atoms. The summed E-state index contributed by atoms with van der Waals surface area (Å²) in [6.45, 7) is 3.20. The summed E-state index contributed by atoms with van der Waals surface area (Å²) in [6.07, 6.45) is 6.70. The minimum absolute atomic E-state index is 0.0200. The van der Waals surface area contributed by atoms with Crippen LogP contribution in [0.5, 0.6) is 0 Å². The molecule has 2 aliphatic carbocycles. The standard InChI is InChI=1S/C15H21NO4/c1-15(5-2-6-20-15)8-16-13(17)11-9-3-4-10(7-9)12(11)14(18)19/h3-4,9-12H,2,5-8H2,1H3,(H,16,17)(H,18,19). The Labute approximate surface area is 118 Å². The van der Waals surface area contributed by atoms with Gasteiger partial charge in [0.15, 0.2) is 0 Å². The number of carbonyl (C=O) groups excluding carboxylic acids is 1. The molecular formula is C15H21NO4.